The van der Waals surface area contributed by atoms with E-state index < -0.39 is 28.5 Å². The Kier molecular flexibility index (Phi) is 11.8. The van der Waals surface area contributed by atoms with Gasteiger partial charge in [-0.05, 0) is 66.4 Å². The monoisotopic (exact) mass is 661 g/mol. The minimum absolute atomic E-state index is 0.00454. The van der Waals surface area contributed by atoms with Crippen LogP contribution >= 0.6 is 11.6 Å². The second-order valence-corrected chi connectivity index (χ2v) is 13.7. The molecule has 0 saturated carbocycles. The number of halogens is 1. The first-order valence-corrected chi connectivity index (χ1v) is 16.9. The van der Waals surface area contributed by atoms with E-state index in [1.165, 1.54) is 24.1 Å². The number of anilines is 1. The molecule has 10 heteroatoms. The Balaban J connectivity index is 1.80. The van der Waals surface area contributed by atoms with Crippen molar-refractivity contribution in [2.75, 3.05) is 24.5 Å². The Bertz CT molecular complexity index is 1710. The predicted molar refractivity (Wildman–Crippen MR) is 182 cm³/mol. The lowest BCUT2D eigenvalue weighted by molar-refractivity contribution is -0.140. The normalized spacial score (nSPS) is 12.0. The number of sulfonamides is 1. The fourth-order valence-corrected chi connectivity index (χ4v) is 6.51. The van der Waals surface area contributed by atoms with Gasteiger partial charge in [-0.2, -0.15) is 0 Å². The van der Waals surface area contributed by atoms with Crippen molar-refractivity contribution in [2.45, 2.75) is 44.7 Å². The maximum atomic E-state index is 14.5. The second-order valence-electron chi connectivity index (χ2n) is 11.5. The summed E-state index contributed by atoms with van der Waals surface area (Å²) >= 11 is 6.56. The van der Waals surface area contributed by atoms with Crippen LogP contribution in [-0.2, 0) is 32.6 Å². The zero-order valence-electron chi connectivity index (χ0n) is 26.5. The first kappa shape index (κ1) is 34.5. The average Bonchev–Trinajstić information content (AvgIpc) is 3.05. The SMILES string of the molecule is COc1ccc(S(=O)(=O)N(CC(=O)N(Cc2ccccc2Cl)C(Cc2ccccc2)C(=O)NCC(C)C)c2ccc(C)cc2)cc1. The molecule has 8 nitrogen and oxygen atoms in total. The average molecular weight is 662 g/mol. The summed E-state index contributed by atoms with van der Waals surface area (Å²) in [5.74, 6) is -0.212. The number of carbonyl (C=O) groups is 2. The molecule has 0 radical (unpaired) electrons. The highest BCUT2D eigenvalue weighted by Gasteiger charge is 2.35. The number of benzene rings is 4. The molecule has 4 rings (SSSR count). The zero-order chi connectivity index (χ0) is 33.3. The molecular formula is C36H40ClN3O5S. The molecule has 1 unspecified atom stereocenters. The summed E-state index contributed by atoms with van der Waals surface area (Å²) in [6, 6.07) is 28.5. The number of nitrogens with zero attached hydrogens (tertiary/aromatic N) is 2. The molecule has 4 aromatic carbocycles. The van der Waals surface area contributed by atoms with Gasteiger partial charge < -0.3 is 15.0 Å². The van der Waals surface area contributed by atoms with Crippen LogP contribution in [0, 0.1) is 12.8 Å². The standard InChI is InChI=1S/C36H40ClN3O5S/c1-26(2)23-38-36(42)34(22-28-10-6-5-7-11-28)39(24-29-12-8-9-13-33(29)37)35(41)25-40(30-16-14-27(3)15-17-30)46(43,44)32-20-18-31(45-4)19-21-32/h5-21,26,34H,22-25H2,1-4H3,(H,38,42). The van der Waals surface area contributed by atoms with E-state index >= 15 is 0 Å². The third-order valence-electron chi connectivity index (χ3n) is 7.50. The lowest BCUT2D eigenvalue weighted by Gasteiger charge is -2.34. The van der Waals surface area contributed by atoms with E-state index in [-0.39, 0.29) is 29.7 Å². The number of nitrogens with one attached hydrogen (secondary N) is 1. The Hall–Kier alpha value is -4.34. The van der Waals surface area contributed by atoms with Gasteiger partial charge in [-0.3, -0.25) is 13.9 Å². The quantitative estimate of drug-likeness (QED) is 0.172. The van der Waals surface area contributed by atoms with Gasteiger partial charge in [0.1, 0.15) is 18.3 Å². The summed E-state index contributed by atoms with van der Waals surface area (Å²) in [4.78, 5) is 29.8. The van der Waals surface area contributed by atoms with Gasteiger partial charge in [0.15, 0.2) is 0 Å². The van der Waals surface area contributed by atoms with Crippen LogP contribution in [0.4, 0.5) is 5.69 Å². The molecule has 2 amide bonds. The topological polar surface area (TPSA) is 96.0 Å². The van der Waals surface area contributed by atoms with Gasteiger partial charge in [0.2, 0.25) is 11.8 Å². The van der Waals surface area contributed by atoms with Crippen LogP contribution in [0.2, 0.25) is 5.02 Å². The van der Waals surface area contributed by atoms with Crippen molar-refractivity contribution in [3.8, 4) is 5.75 Å². The number of methoxy groups -OCH3 is 1. The van der Waals surface area contributed by atoms with E-state index in [4.69, 9.17) is 16.3 Å². The predicted octanol–water partition coefficient (Wildman–Crippen LogP) is 6.26. The van der Waals surface area contributed by atoms with Crippen LogP contribution in [-0.4, -0.2) is 51.4 Å². The number of hydrogen-bond donors (Lipinski definition) is 1. The summed E-state index contributed by atoms with van der Waals surface area (Å²) in [5.41, 5.74) is 2.73. The largest absolute Gasteiger partial charge is 0.497 e. The molecule has 0 aromatic heterocycles. The third kappa shape index (κ3) is 8.89. The Morgan fingerprint density at radius 3 is 2.11 bits per heavy atom. The number of hydrogen-bond acceptors (Lipinski definition) is 5. The van der Waals surface area contributed by atoms with Gasteiger partial charge in [0.05, 0.1) is 17.7 Å². The van der Waals surface area contributed by atoms with Crippen molar-refractivity contribution < 1.29 is 22.7 Å². The first-order chi connectivity index (χ1) is 22.0. The van der Waals surface area contributed by atoms with Gasteiger partial charge in [0.25, 0.3) is 10.0 Å². The molecule has 1 N–H and O–H groups in total. The summed E-state index contributed by atoms with van der Waals surface area (Å²) in [5, 5.41) is 3.42. The van der Waals surface area contributed by atoms with Gasteiger partial charge in [-0.15, -0.1) is 0 Å². The number of ether oxygens (including phenoxy) is 1. The molecule has 0 bridgehead atoms. The minimum atomic E-state index is -4.22. The van der Waals surface area contributed by atoms with E-state index in [9.17, 15) is 18.0 Å². The molecule has 0 aliphatic heterocycles. The Morgan fingerprint density at radius 1 is 0.870 bits per heavy atom. The van der Waals surface area contributed by atoms with Crippen LogP contribution in [0.25, 0.3) is 0 Å². The summed E-state index contributed by atoms with van der Waals surface area (Å²) < 4.78 is 34.6. The molecule has 1 atom stereocenters. The summed E-state index contributed by atoms with van der Waals surface area (Å²) in [6.07, 6.45) is 0.219. The van der Waals surface area contributed by atoms with Crippen LogP contribution < -0.4 is 14.4 Å². The van der Waals surface area contributed by atoms with Gasteiger partial charge >= 0.3 is 0 Å². The molecule has 4 aromatic rings. The van der Waals surface area contributed by atoms with Gasteiger partial charge in [-0.1, -0.05) is 91.7 Å². The Morgan fingerprint density at radius 2 is 1.50 bits per heavy atom. The maximum Gasteiger partial charge on any atom is 0.264 e. The number of amides is 2. The molecule has 0 saturated heterocycles. The van der Waals surface area contributed by atoms with Crippen LogP contribution in [0.1, 0.15) is 30.5 Å². The van der Waals surface area contributed by atoms with E-state index in [1.54, 1.807) is 54.6 Å². The van der Waals surface area contributed by atoms with E-state index in [0.717, 1.165) is 15.4 Å². The van der Waals surface area contributed by atoms with E-state index in [2.05, 4.69) is 5.32 Å². The molecule has 242 valence electrons. The van der Waals surface area contributed by atoms with Gasteiger partial charge in [-0.25, -0.2) is 8.42 Å². The van der Waals surface area contributed by atoms with Crippen molar-refractivity contribution >= 4 is 39.1 Å². The number of aryl methyl sites for hydroxylation is 1. The number of rotatable bonds is 14. The summed E-state index contributed by atoms with van der Waals surface area (Å²) in [7, 11) is -2.73. The molecule has 0 heterocycles. The molecule has 0 aliphatic rings. The van der Waals surface area contributed by atoms with Crippen molar-refractivity contribution in [3.63, 3.8) is 0 Å². The van der Waals surface area contributed by atoms with Crippen molar-refractivity contribution in [2.24, 2.45) is 5.92 Å². The molecule has 0 spiro atoms. The van der Waals surface area contributed by atoms with E-state index in [1.807, 2.05) is 57.2 Å². The van der Waals surface area contributed by atoms with Crippen molar-refractivity contribution in [3.05, 3.63) is 125 Å². The lowest BCUT2D eigenvalue weighted by Crippen LogP contribution is -2.53. The highest BCUT2D eigenvalue weighted by atomic mass is 35.5. The van der Waals surface area contributed by atoms with Crippen LogP contribution in [0.15, 0.2) is 108 Å². The highest BCUT2D eigenvalue weighted by molar-refractivity contribution is 7.92. The van der Waals surface area contributed by atoms with Crippen LogP contribution in [0.3, 0.4) is 0 Å². The maximum absolute atomic E-state index is 14.5. The molecule has 0 aliphatic carbocycles. The number of carbonyl (C=O) groups excluding carboxylic acids is 2. The Labute approximate surface area is 277 Å². The molecule has 46 heavy (non-hydrogen) atoms. The van der Waals surface area contributed by atoms with Crippen LogP contribution in [0.5, 0.6) is 5.75 Å². The summed E-state index contributed by atoms with van der Waals surface area (Å²) in [6.45, 7) is 5.73. The van der Waals surface area contributed by atoms with Crippen molar-refractivity contribution in [1.82, 2.24) is 10.2 Å². The first-order valence-electron chi connectivity index (χ1n) is 15.1. The van der Waals surface area contributed by atoms with Gasteiger partial charge in [0, 0.05) is 24.5 Å². The molecule has 0 fully saturated rings. The van der Waals surface area contributed by atoms with E-state index in [0.29, 0.717) is 28.6 Å². The third-order valence-corrected chi connectivity index (χ3v) is 9.66. The zero-order valence-corrected chi connectivity index (χ0v) is 28.1. The fraction of sp³-hybridized carbons (Fsp3) is 0.278. The highest BCUT2D eigenvalue weighted by Crippen LogP contribution is 2.27. The lowest BCUT2D eigenvalue weighted by atomic mass is 10.0. The fourth-order valence-electron chi connectivity index (χ4n) is 4.90. The molecular weight excluding hydrogens is 622 g/mol. The smallest absolute Gasteiger partial charge is 0.264 e. The minimum Gasteiger partial charge on any atom is -0.497 e. The van der Waals surface area contributed by atoms with Crippen molar-refractivity contribution in [1.29, 1.82) is 0 Å². The second kappa shape index (κ2) is 15.8.